The smallest absolute Gasteiger partial charge is 0.329 e. The molecule has 1 heterocycles. The van der Waals surface area contributed by atoms with Crippen LogP contribution in [0.4, 0.5) is 5.69 Å². The molecule has 7 heteroatoms. The Hall–Kier alpha value is -3.48. The Morgan fingerprint density at radius 3 is 2.00 bits per heavy atom. The number of imide groups is 1. The van der Waals surface area contributed by atoms with Crippen LogP contribution in [0, 0.1) is 5.92 Å². The van der Waals surface area contributed by atoms with Crippen molar-refractivity contribution in [3.63, 3.8) is 0 Å². The van der Waals surface area contributed by atoms with Crippen molar-refractivity contribution in [1.82, 2.24) is 4.90 Å². The summed E-state index contributed by atoms with van der Waals surface area (Å²) in [6.45, 7) is 3.28. The van der Waals surface area contributed by atoms with Gasteiger partial charge in [0.2, 0.25) is 0 Å². The summed E-state index contributed by atoms with van der Waals surface area (Å²) in [5.74, 6) is -2.21. The molecular weight excluding hydrogens is 384 g/mol. The van der Waals surface area contributed by atoms with Crippen LogP contribution in [0.3, 0.4) is 0 Å². The molecule has 3 rings (SSSR count). The number of carbonyl (C=O) groups excluding carboxylic acids is 4. The van der Waals surface area contributed by atoms with Crippen LogP contribution in [0.15, 0.2) is 54.6 Å². The maximum atomic E-state index is 12.8. The summed E-state index contributed by atoms with van der Waals surface area (Å²) in [6.07, 6.45) is 0.243. The van der Waals surface area contributed by atoms with Gasteiger partial charge < -0.3 is 9.64 Å². The average molecular weight is 408 g/mol. The summed E-state index contributed by atoms with van der Waals surface area (Å²) < 4.78 is 5.24. The van der Waals surface area contributed by atoms with Gasteiger partial charge in [0.25, 0.3) is 17.7 Å². The summed E-state index contributed by atoms with van der Waals surface area (Å²) in [6, 6.07) is 14.3. The molecule has 0 fully saturated rings. The zero-order valence-electron chi connectivity index (χ0n) is 17.2. The monoisotopic (exact) mass is 408 g/mol. The van der Waals surface area contributed by atoms with Gasteiger partial charge in [-0.1, -0.05) is 44.2 Å². The summed E-state index contributed by atoms with van der Waals surface area (Å²) in [7, 11) is 1.58. The number of ether oxygens (including phenoxy) is 1. The van der Waals surface area contributed by atoms with E-state index in [9.17, 15) is 19.2 Å². The minimum atomic E-state index is -1.09. The summed E-state index contributed by atoms with van der Waals surface area (Å²) in [5, 5.41) is 0. The molecule has 0 saturated heterocycles. The summed E-state index contributed by atoms with van der Waals surface area (Å²) in [5.41, 5.74) is 1.20. The van der Waals surface area contributed by atoms with Crippen LogP contribution in [0.25, 0.3) is 0 Å². The van der Waals surface area contributed by atoms with Gasteiger partial charge in [-0.3, -0.25) is 19.3 Å². The lowest BCUT2D eigenvalue weighted by Gasteiger charge is -2.26. The second kappa shape index (κ2) is 8.90. The number of nitrogens with zero attached hydrogens (tertiary/aromatic N) is 2. The van der Waals surface area contributed by atoms with Gasteiger partial charge >= 0.3 is 5.97 Å². The molecule has 0 saturated carbocycles. The molecule has 0 bridgehead atoms. The first-order chi connectivity index (χ1) is 14.3. The number of rotatable bonds is 7. The third-order valence-corrected chi connectivity index (χ3v) is 4.96. The molecule has 0 N–H and O–H groups in total. The molecule has 0 aromatic heterocycles. The number of esters is 1. The number of fused-ring (bicyclic) bond motifs is 1. The van der Waals surface area contributed by atoms with Gasteiger partial charge in [-0.15, -0.1) is 0 Å². The van der Waals surface area contributed by atoms with Crippen molar-refractivity contribution in [2.24, 2.45) is 5.92 Å². The predicted octanol–water partition coefficient (Wildman–Crippen LogP) is 2.90. The molecule has 0 spiro atoms. The maximum Gasteiger partial charge on any atom is 0.329 e. The molecule has 0 aliphatic carbocycles. The topological polar surface area (TPSA) is 84.0 Å². The van der Waals surface area contributed by atoms with Gasteiger partial charge in [0.15, 0.2) is 6.61 Å². The number of anilines is 1. The first kappa shape index (κ1) is 21.2. The zero-order valence-corrected chi connectivity index (χ0v) is 17.2. The van der Waals surface area contributed by atoms with Gasteiger partial charge in [-0.25, -0.2) is 4.79 Å². The molecule has 1 aliphatic heterocycles. The highest BCUT2D eigenvalue weighted by molar-refractivity contribution is 6.22. The van der Waals surface area contributed by atoms with Crippen LogP contribution in [0.2, 0.25) is 0 Å². The van der Waals surface area contributed by atoms with Crippen molar-refractivity contribution in [3.8, 4) is 0 Å². The number of likely N-dealkylation sites (N-methyl/N-ethyl adjacent to an activating group) is 1. The van der Waals surface area contributed by atoms with Crippen molar-refractivity contribution in [3.05, 3.63) is 65.7 Å². The largest absolute Gasteiger partial charge is 0.454 e. The molecule has 7 nitrogen and oxygen atoms in total. The van der Waals surface area contributed by atoms with E-state index in [2.05, 4.69) is 0 Å². The molecule has 3 amide bonds. The molecular formula is C23H24N2O5. The number of carbonyl (C=O) groups is 4. The first-order valence-corrected chi connectivity index (χ1v) is 9.76. The van der Waals surface area contributed by atoms with Crippen molar-refractivity contribution in [2.75, 3.05) is 18.6 Å². The minimum Gasteiger partial charge on any atom is -0.454 e. The Morgan fingerprint density at radius 1 is 0.933 bits per heavy atom. The van der Waals surface area contributed by atoms with Crippen LogP contribution in [-0.4, -0.2) is 48.3 Å². The lowest BCUT2D eigenvalue weighted by Crippen LogP contribution is -2.47. The van der Waals surface area contributed by atoms with Gasteiger partial charge in [0, 0.05) is 12.7 Å². The standard InChI is InChI=1S/C23H24N2O5/c1-15(2)13-19(25-21(27)17-11-7-8-12-18(17)22(25)28)23(29)30-14-20(26)24(3)16-9-5-4-6-10-16/h4-12,15,19H,13-14H2,1-3H3. The second-order valence-electron chi connectivity index (χ2n) is 7.57. The van der Waals surface area contributed by atoms with Gasteiger partial charge in [0.05, 0.1) is 11.1 Å². The lowest BCUT2D eigenvalue weighted by atomic mass is 10.0. The summed E-state index contributed by atoms with van der Waals surface area (Å²) >= 11 is 0. The van der Waals surface area contributed by atoms with E-state index in [1.807, 2.05) is 19.9 Å². The van der Waals surface area contributed by atoms with Gasteiger partial charge in [-0.2, -0.15) is 0 Å². The van der Waals surface area contributed by atoms with Crippen LogP contribution >= 0.6 is 0 Å². The fourth-order valence-electron chi connectivity index (χ4n) is 3.37. The molecule has 2 aromatic carbocycles. The van der Waals surface area contributed by atoms with E-state index in [1.54, 1.807) is 55.6 Å². The highest BCUT2D eigenvalue weighted by Crippen LogP contribution is 2.27. The van der Waals surface area contributed by atoms with Gasteiger partial charge in [-0.05, 0) is 36.6 Å². The highest BCUT2D eigenvalue weighted by Gasteiger charge is 2.43. The normalized spacial score (nSPS) is 13.9. The molecule has 156 valence electrons. The molecule has 1 unspecified atom stereocenters. The molecule has 0 radical (unpaired) electrons. The van der Waals surface area contributed by atoms with E-state index in [0.29, 0.717) is 5.69 Å². The average Bonchev–Trinajstić information content (AvgIpc) is 3.00. The number of para-hydroxylation sites is 1. The molecule has 1 atom stereocenters. The van der Waals surface area contributed by atoms with E-state index in [0.717, 1.165) is 4.90 Å². The highest BCUT2D eigenvalue weighted by atomic mass is 16.5. The van der Waals surface area contributed by atoms with Crippen molar-refractivity contribution >= 4 is 29.4 Å². The maximum absolute atomic E-state index is 12.8. The Morgan fingerprint density at radius 2 is 1.47 bits per heavy atom. The fraction of sp³-hybridized carbons (Fsp3) is 0.304. The van der Waals surface area contributed by atoms with Gasteiger partial charge in [0.1, 0.15) is 6.04 Å². The number of hydrogen-bond donors (Lipinski definition) is 0. The SMILES string of the molecule is CC(C)CC(C(=O)OCC(=O)N(C)c1ccccc1)N1C(=O)c2ccccc2C1=O. The quantitative estimate of drug-likeness (QED) is 0.520. The van der Waals surface area contributed by atoms with E-state index < -0.39 is 36.3 Å². The fourth-order valence-corrected chi connectivity index (χ4v) is 3.37. The predicted molar refractivity (Wildman–Crippen MR) is 111 cm³/mol. The van der Waals surface area contributed by atoms with Crippen LogP contribution < -0.4 is 4.90 Å². The van der Waals surface area contributed by atoms with Crippen LogP contribution in [0.1, 0.15) is 41.0 Å². The lowest BCUT2D eigenvalue weighted by molar-refractivity contribution is -0.152. The number of hydrogen-bond acceptors (Lipinski definition) is 5. The third-order valence-electron chi connectivity index (χ3n) is 4.96. The van der Waals surface area contributed by atoms with E-state index in [1.165, 1.54) is 4.90 Å². The third kappa shape index (κ3) is 4.25. The number of benzene rings is 2. The van der Waals surface area contributed by atoms with E-state index >= 15 is 0 Å². The van der Waals surface area contributed by atoms with Crippen molar-refractivity contribution in [1.29, 1.82) is 0 Å². The zero-order chi connectivity index (χ0) is 21.8. The summed E-state index contributed by atoms with van der Waals surface area (Å²) in [4.78, 5) is 53.2. The first-order valence-electron chi connectivity index (χ1n) is 9.76. The van der Waals surface area contributed by atoms with Crippen LogP contribution in [-0.2, 0) is 14.3 Å². The molecule has 30 heavy (non-hydrogen) atoms. The number of amides is 3. The molecule has 2 aromatic rings. The van der Waals surface area contributed by atoms with Crippen molar-refractivity contribution < 1.29 is 23.9 Å². The van der Waals surface area contributed by atoms with Crippen LogP contribution in [0.5, 0.6) is 0 Å². The van der Waals surface area contributed by atoms with E-state index in [4.69, 9.17) is 4.74 Å². The second-order valence-corrected chi connectivity index (χ2v) is 7.57. The molecule has 1 aliphatic rings. The minimum absolute atomic E-state index is 0.0227. The Kier molecular flexibility index (Phi) is 6.30. The Bertz CT molecular complexity index is 936. The van der Waals surface area contributed by atoms with E-state index in [-0.39, 0.29) is 23.5 Å². The van der Waals surface area contributed by atoms with Crippen molar-refractivity contribution in [2.45, 2.75) is 26.3 Å². The Balaban J connectivity index is 1.73. The Labute approximate surface area is 175 Å².